The van der Waals surface area contributed by atoms with E-state index in [2.05, 4.69) is 24.1 Å². The predicted molar refractivity (Wildman–Crippen MR) is 78.5 cm³/mol. The van der Waals surface area contributed by atoms with E-state index in [9.17, 15) is 14.7 Å². The molecule has 1 aliphatic rings. The van der Waals surface area contributed by atoms with Gasteiger partial charge >= 0.3 is 5.97 Å². The first-order chi connectivity index (χ1) is 9.29. The zero-order valence-electron chi connectivity index (χ0n) is 13.2. The van der Waals surface area contributed by atoms with Gasteiger partial charge in [-0.25, -0.2) is 4.79 Å². The topological polar surface area (TPSA) is 69.6 Å². The summed E-state index contributed by atoms with van der Waals surface area (Å²) in [7, 11) is 0. The largest absolute Gasteiger partial charge is 0.480 e. The molecule has 0 saturated carbocycles. The molecule has 0 aromatic rings. The molecule has 1 saturated heterocycles. The van der Waals surface area contributed by atoms with Crippen LogP contribution in [0.5, 0.6) is 0 Å². The molecular weight excluding hydrogens is 256 g/mol. The van der Waals surface area contributed by atoms with E-state index in [4.69, 9.17) is 0 Å². The van der Waals surface area contributed by atoms with E-state index >= 15 is 0 Å². The van der Waals surface area contributed by atoms with Crippen molar-refractivity contribution < 1.29 is 14.7 Å². The van der Waals surface area contributed by atoms with Crippen molar-refractivity contribution in [2.45, 2.75) is 78.0 Å². The van der Waals surface area contributed by atoms with Crippen LogP contribution in [-0.4, -0.2) is 46.1 Å². The first kappa shape index (κ1) is 17.0. The second-order valence-corrected chi connectivity index (χ2v) is 6.11. The Morgan fingerprint density at radius 3 is 2.15 bits per heavy atom. The Bertz CT molecular complexity index is 349. The summed E-state index contributed by atoms with van der Waals surface area (Å²) in [4.78, 5) is 25.8. The SMILES string of the molecule is CCC(C)[C@H](NC(=O)C(C)N1C(C)CCC1C)C(=O)O. The highest BCUT2D eigenvalue weighted by Gasteiger charge is 2.36. The summed E-state index contributed by atoms with van der Waals surface area (Å²) in [6, 6.07) is -0.341. The summed E-state index contributed by atoms with van der Waals surface area (Å²) in [5, 5.41) is 12.0. The molecule has 4 unspecified atom stereocenters. The molecule has 1 fully saturated rings. The second-order valence-electron chi connectivity index (χ2n) is 6.11. The van der Waals surface area contributed by atoms with E-state index in [1.165, 1.54) is 0 Å². The average molecular weight is 284 g/mol. The van der Waals surface area contributed by atoms with Crippen molar-refractivity contribution in [2.75, 3.05) is 0 Å². The molecule has 0 bridgehead atoms. The minimum Gasteiger partial charge on any atom is -0.480 e. The summed E-state index contributed by atoms with van der Waals surface area (Å²) in [5.41, 5.74) is 0. The number of hydrogen-bond donors (Lipinski definition) is 2. The second kappa shape index (κ2) is 7.07. The predicted octanol–water partition coefficient (Wildman–Crippen LogP) is 1.86. The molecule has 1 aliphatic heterocycles. The van der Waals surface area contributed by atoms with E-state index in [1.807, 2.05) is 20.8 Å². The van der Waals surface area contributed by atoms with Gasteiger partial charge in [-0.2, -0.15) is 0 Å². The summed E-state index contributed by atoms with van der Waals surface area (Å²) in [6.45, 7) is 9.89. The summed E-state index contributed by atoms with van der Waals surface area (Å²) >= 11 is 0. The molecule has 0 radical (unpaired) electrons. The molecule has 116 valence electrons. The molecule has 5 atom stereocenters. The molecule has 1 rings (SSSR count). The van der Waals surface area contributed by atoms with Crippen molar-refractivity contribution in [3.05, 3.63) is 0 Å². The molecule has 1 amide bonds. The first-order valence-electron chi connectivity index (χ1n) is 7.60. The molecule has 5 heteroatoms. The molecule has 5 nitrogen and oxygen atoms in total. The molecule has 0 aliphatic carbocycles. The Morgan fingerprint density at radius 1 is 1.25 bits per heavy atom. The van der Waals surface area contributed by atoms with Gasteiger partial charge in [0, 0.05) is 12.1 Å². The van der Waals surface area contributed by atoms with Gasteiger partial charge in [0.2, 0.25) is 5.91 Å². The maximum Gasteiger partial charge on any atom is 0.326 e. The lowest BCUT2D eigenvalue weighted by atomic mass is 9.99. The number of nitrogens with zero attached hydrogens (tertiary/aromatic N) is 1. The minimum atomic E-state index is -0.956. The van der Waals surface area contributed by atoms with Gasteiger partial charge in [0.25, 0.3) is 0 Å². The monoisotopic (exact) mass is 284 g/mol. The van der Waals surface area contributed by atoms with E-state index < -0.39 is 12.0 Å². The zero-order valence-corrected chi connectivity index (χ0v) is 13.2. The molecule has 0 spiro atoms. The van der Waals surface area contributed by atoms with Crippen LogP contribution in [0.2, 0.25) is 0 Å². The number of nitrogens with one attached hydrogen (secondary N) is 1. The third-order valence-electron chi connectivity index (χ3n) is 4.62. The highest BCUT2D eigenvalue weighted by molar-refractivity contribution is 5.86. The third kappa shape index (κ3) is 3.72. The fourth-order valence-electron chi connectivity index (χ4n) is 3.07. The Morgan fingerprint density at radius 2 is 1.75 bits per heavy atom. The van der Waals surface area contributed by atoms with Crippen molar-refractivity contribution in [3.8, 4) is 0 Å². The van der Waals surface area contributed by atoms with Crippen LogP contribution in [0.4, 0.5) is 0 Å². The Kier molecular flexibility index (Phi) is 5.99. The molecule has 0 aromatic heterocycles. The van der Waals surface area contributed by atoms with Crippen LogP contribution in [0.15, 0.2) is 0 Å². The van der Waals surface area contributed by atoms with Crippen molar-refractivity contribution in [1.29, 1.82) is 0 Å². The first-order valence-corrected chi connectivity index (χ1v) is 7.60. The third-order valence-corrected chi connectivity index (χ3v) is 4.62. The van der Waals surface area contributed by atoms with Gasteiger partial charge in [-0.1, -0.05) is 20.3 Å². The highest BCUT2D eigenvalue weighted by Crippen LogP contribution is 2.26. The number of carboxylic acids is 1. The lowest BCUT2D eigenvalue weighted by Gasteiger charge is -2.32. The summed E-state index contributed by atoms with van der Waals surface area (Å²) in [6.07, 6.45) is 2.90. The van der Waals surface area contributed by atoms with E-state index in [0.29, 0.717) is 12.1 Å². The fourth-order valence-corrected chi connectivity index (χ4v) is 3.07. The van der Waals surface area contributed by atoms with E-state index in [-0.39, 0.29) is 17.9 Å². The van der Waals surface area contributed by atoms with Gasteiger partial charge in [-0.05, 0) is 39.5 Å². The van der Waals surface area contributed by atoms with Gasteiger partial charge < -0.3 is 10.4 Å². The van der Waals surface area contributed by atoms with Gasteiger partial charge in [0.1, 0.15) is 6.04 Å². The maximum atomic E-state index is 12.3. The van der Waals surface area contributed by atoms with Crippen molar-refractivity contribution >= 4 is 11.9 Å². The molecular formula is C15H28N2O3. The van der Waals surface area contributed by atoms with Crippen LogP contribution < -0.4 is 5.32 Å². The van der Waals surface area contributed by atoms with Crippen LogP contribution in [0, 0.1) is 5.92 Å². The van der Waals surface area contributed by atoms with Crippen LogP contribution in [0.3, 0.4) is 0 Å². The molecule has 1 heterocycles. The number of carboxylic acid groups (broad SMARTS) is 1. The number of aliphatic carboxylic acids is 1. The average Bonchev–Trinajstić information content (AvgIpc) is 2.73. The fraction of sp³-hybridized carbons (Fsp3) is 0.867. The van der Waals surface area contributed by atoms with Gasteiger partial charge in [-0.15, -0.1) is 0 Å². The Balaban J connectivity index is 2.71. The smallest absolute Gasteiger partial charge is 0.326 e. The highest BCUT2D eigenvalue weighted by atomic mass is 16.4. The van der Waals surface area contributed by atoms with E-state index in [1.54, 1.807) is 0 Å². The van der Waals surface area contributed by atoms with Crippen LogP contribution in [-0.2, 0) is 9.59 Å². The molecule has 20 heavy (non-hydrogen) atoms. The Labute approximate surface area is 121 Å². The van der Waals surface area contributed by atoms with E-state index in [0.717, 1.165) is 19.3 Å². The number of rotatable bonds is 6. The standard InChI is InChI=1S/C15H28N2O3/c1-6-9(2)13(15(19)20)16-14(18)12(5)17-10(3)7-8-11(17)4/h9-13H,6-8H2,1-5H3,(H,16,18)(H,19,20)/t9?,10?,11?,12?,13-/m0/s1. The molecule has 0 aromatic carbocycles. The lowest BCUT2D eigenvalue weighted by molar-refractivity contribution is -0.144. The zero-order chi connectivity index (χ0) is 15.4. The normalized spacial score (nSPS) is 27.9. The number of carbonyl (C=O) groups excluding carboxylic acids is 1. The van der Waals surface area contributed by atoms with Crippen molar-refractivity contribution in [2.24, 2.45) is 5.92 Å². The number of carbonyl (C=O) groups is 2. The maximum absolute atomic E-state index is 12.3. The lowest BCUT2D eigenvalue weighted by Crippen LogP contribution is -2.54. The van der Waals surface area contributed by atoms with Gasteiger partial charge in [0.15, 0.2) is 0 Å². The van der Waals surface area contributed by atoms with Crippen LogP contribution in [0.1, 0.15) is 53.9 Å². The van der Waals surface area contributed by atoms with Gasteiger partial charge in [-0.3, -0.25) is 9.69 Å². The van der Waals surface area contributed by atoms with Crippen LogP contribution in [0.25, 0.3) is 0 Å². The number of hydrogen-bond acceptors (Lipinski definition) is 3. The number of amides is 1. The van der Waals surface area contributed by atoms with Crippen LogP contribution >= 0.6 is 0 Å². The summed E-state index contributed by atoms with van der Waals surface area (Å²) < 4.78 is 0. The Hall–Kier alpha value is -1.10. The van der Waals surface area contributed by atoms with Crippen molar-refractivity contribution in [1.82, 2.24) is 10.2 Å². The van der Waals surface area contributed by atoms with Crippen molar-refractivity contribution in [3.63, 3.8) is 0 Å². The van der Waals surface area contributed by atoms with Gasteiger partial charge in [0.05, 0.1) is 6.04 Å². The number of likely N-dealkylation sites (tertiary alicyclic amines) is 1. The molecule has 2 N–H and O–H groups in total. The summed E-state index contributed by atoms with van der Waals surface area (Å²) in [5.74, 6) is -1.21. The quantitative estimate of drug-likeness (QED) is 0.781. The minimum absolute atomic E-state index is 0.0722.